The van der Waals surface area contributed by atoms with Crippen molar-refractivity contribution in [2.24, 2.45) is 0 Å². The van der Waals surface area contributed by atoms with Crippen molar-refractivity contribution in [2.45, 2.75) is 6.54 Å². The Hall–Kier alpha value is -3.14. The Bertz CT molecular complexity index is 998. The quantitative estimate of drug-likeness (QED) is 0.598. The smallest absolute Gasteiger partial charge is 0.141 e. The second-order valence-corrected chi connectivity index (χ2v) is 5.39. The van der Waals surface area contributed by atoms with Gasteiger partial charge in [0, 0.05) is 23.5 Å². The predicted molar refractivity (Wildman–Crippen MR) is 92.5 cm³/mol. The van der Waals surface area contributed by atoms with Crippen LogP contribution in [0.4, 0.5) is 5.82 Å². The van der Waals surface area contributed by atoms with Crippen molar-refractivity contribution >= 4 is 27.6 Å². The number of nitrogens with zero attached hydrogens (tertiary/aromatic N) is 2. The van der Waals surface area contributed by atoms with Crippen LogP contribution in [0.5, 0.6) is 5.75 Å². The Morgan fingerprint density at radius 3 is 2.78 bits per heavy atom. The summed E-state index contributed by atoms with van der Waals surface area (Å²) in [6.45, 7) is 0.619. The van der Waals surface area contributed by atoms with Gasteiger partial charge < -0.3 is 10.4 Å². The van der Waals surface area contributed by atoms with Gasteiger partial charge in [0.1, 0.15) is 17.1 Å². The minimum Gasteiger partial charge on any atom is -0.506 e. The summed E-state index contributed by atoms with van der Waals surface area (Å²) < 4.78 is 0. The third-order valence-electron chi connectivity index (χ3n) is 3.90. The Kier molecular flexibility index (Phi) is 3.27. The van der Waals surface area contributed by atoms with Gasteiger partial charge in [0.05, 0.1) is 5.52 Å². The highest BCUT2D eigenvalue weighted by molar-refractivity contribution is 5.87. The average molecular weight is 301 g/mol. The number of phenols is 1. The van der Waals surface area contributed by atoms with Crippen LogP contribution in [0.1, 0.15) is 5.56 Å². The predicted octanol–water partition coefficient (Wildman–Crippen LogP) is 4.10. The highest BCUT2D eigenvalue weighted by Gasteiger charge is 2.06. The molecule has 0 aliphatic heterocycles. The van der Waals surface area contributed by atoms with Crippen molar-refractivity contribution in [3.05, 3.63) is 72.4 Å². The van der Waals surface area contributed by atoms with Crippen molar-refractivity contribution in [3.8, 4) is 5.75 Å². The number of fused-ring (bicyclic) bond motifs is 2. The number of hydrogen-bond donors (Lipinski definition) is 2. The number of phenolic OH excluding ortho intramolecular Hbond substituents is 1. The summed E-state index contributed by atoms with van der Waals surface area (Å²) in [5, 5.41) is 15.3. The molecule has 4 heteroatoms. The van der Waals surface area contributed by atoms with Crippen molar-refractivity contribution < 1.29 is 5.11 Å². The summed E-state index contributed by atoms with van der Waals surface area (Å²) in [6, 6.07) is 19.5. The SMILES string of the molecule is Oc1ccc(CNc2ccc3ccccc3n2)c2cccnc12. The number of anilines is 1. The maximum atomic E-state index is 9.90. The van der Waals surface area contributed by atoms with E-state index in [0.29, 0.717) is 12.1 Å². The summed E-state index contributed by atoms with van der Waals surface area (Å²) in [4.78, 5) is 8.86. The summed E-state index contributed by atoms with van der Waals surface area (Å²) in [7, 11) is 0. The van der Waals surface area contributed by atoms with E-state index in [0.717, 1.165) is 27.7 Å². The molecule has 4 rings (SSSR count). The standard InChI is InChI=1S/C19H15N3O/c23-17-9-7-14(15-5-3-11-20-19(15)17)12-21-18-10-8-13-4-1-2-6-16(13)22-18/h1-11,23H,12H2,(H,21,22). The van der Waals surface area contributed by atoms with Crippen LogP contribution in [-0.2, 0) is 6.54 Å². The van der Waals surface area contributed by atoms with Crippen molar-refractivity contribution in [2.75, 3.05) is 5.32 Å². The van der Waals surface area contributed by atoms with Crippen LogP contribution < -0.4 is 5.32 Å². The molecule has 4 aromatic rings. The first kappa shape index (κ1) is 13.5. The number of benzene rings is 2. The molecule has 0 saturated heterocycles. The Morgan fingerprint density at radius 1 is 0.913 bits per heavy atom. The molecular weight excluding hydrogens is 286 g/mol. The molecule has 2 heterocycles. The van der Waals surface area contributed by atoms with Crippen molar-refractivity contribution in [3.63, 3.8) is 0 Å². The Balaban J connectivity index is 1.64. The molecule has 0 radical (unpaired) electrons. The number of aromatic nitrogens is 2. The third kappa shape index (κ3) is 2.55. The van der Waals surface area contributed by atoms with E-state index in [-0.39, 0.29) is 5.75 Å². The number of aromatic hydroxyl groups is 1. The van der Waals surface area contributed by atoms with E-state index in [4.69, 9.17) is 0 Å². The van der Waals surface area contributed by atoms with E-state index >= 15 is 0 Å². The first-order valence-electron chi connectivity index (χ1n) is 7.46. The monoisotopic (exact) mass is 301 g/mol. The fraction of sp³-hybridized carbons (Fsp3) is 0.0526. The number of rotatable bonds is 3. The zero-order chi connectivity index (χ0) is 15.6. The largest absolute Gasteiger partial charge is 0.506 e. The summed E-state index contributed by atoms with van der Waals surface area (Å²) in [5.41, 5.74) is 2.66. The zero-order valence-corrected chi connectivity index (χ0v) is 12.4. The molecule has 0 aliphatic carbocycles. The molecular formula is C19H15N3O. The molecule has 0 unspecified atom stereocenters. The molecule has 4 nitrogen and oxygen atoms in total. The van der Waals surface area contributed by atoms with Gasteiger partial charge in [0.25, 0.3) is 0 Å². The zero-order valence-electron chi connectivity index (χ0n) is 12.4. The minimum atomic E-state index is 0.202. The van der Waals surface area contributed by atoms with E-state index < -0.39 is 0 Å². The number of pyridine rings is 2. The van der Waals surface area contributed by atoms with Gasteiger partial charge in [-0.25, -0.2) is 4.98 Å². The van der Waals surface area contributed by atoms with Gasteiger partial charge in [0.15, 0.2) is 0 Å². The van der Waals surface area contributed by atoms with Crippen LogP contribution in [0.25, 0.3) is 21.8 Å². The van der Waals surface area contributed by atoms with Gasteiger partial charge in [-0.3, -0.25) is 4.98 Å². The average Bonchev–Trinajstić information content (AvgIpc) is 2.61. The van der Waals surface area contributed by atoms with Gasteiger partial charge in [-0.1, -0.05) is 30.3 Å². The van der Waals surface area contributed by atoms with Gasteiger partial charge in [-0.05, 0) is 35.9 Å². The molecule has 0 saturated carbocycles. The van der Waals surface area contributed by atoms with Gasteiger partial charge in [0.2, 0.25) is 0 Å². The second-order valence-electron chi connectivity index (χ2n) is 5.39. The summed E-state index contributed by atoms with van der Waals surface area (Å²) >= 11 is 0. The lowest BCUT2D eigenvalue weighted by Gasteiger charge is -2.10. The molecule has 112 valence electrons. The van der Waals surface area contributed by atoms with E-state index in [9.17, 15) is 5.11 Å². The molecule has 0 amide bonds. The fourth-order valence-electron chi connectivity index (χ4n) is 2.72. The minimum absolute atomic E-state index is 0.202. The van der Waals surface area contributed by atoms with Crippen LogP contribution in [0.2, 0.25) is 0 Å². The normalized spacial score (nSPS) is 11.0. The molecule has 2 aromatic heterocycles. The maximum Gasteiger partial charge on any atom is 0.141 e. The van der Waals surface area contributed by atoms with Crippen LogP contribution in [0.15, 0.2) is 66.9 Å². The van der Waals surface area contributed by atoms with Crippen LogP contribution >= 0.6 is 0 Å². The summed E-state index contributed by atoms with van der Waals surface area (Å²) in [5.74, 6) is 1.03. The number of nitrogens with one attached hydrogen (secondary N) is 1. The number of para-hydroxylation sites is 1. The van der Waals surface area contributed by atoms with Crippen LogP contribution in [-0.4, -0.2) is 15.1 Å². The molecule has 2 N–H and O–H groups in total. The lowest BCUT2D eigenvalue weighted by molar-refractivity contribution is 0.480. The van der Waals surface area contributed by atoms with E-state index in [1.807, 2.05) is 48.5 Å². The van der Waals surface area contributed by atoms with E-state index in [2.05, 4.69) is 21.4 Å². The number of hydrogen-bond acceptors (Lipinski definition) is 4. The Labute approximate surface area is 133 Å². The maximum absolute atomic E-state index is 9.90. The fourth-order valence-corrected chi connectivity index (χ4v) is 2.72. The molecule has 0 fully saturated rings. The molecule has 2 aromatic carbocycles. The van der Waals surface area contributed by atoms with Crippen molar-refractivity contribution in [1.29, 1.82) is 0 Å². The van der Waals surface area contributed by atoms with E-state index in [1.54, 1.807) is 12.3 Å². The highest BCUT2D eigenvalue weighted by atomic mass is 16.3. The molecule has 0 atom stereocenters. The molecule has 0 spiro atoms. The highest BCUT2D eigenvalue weighted by Crippen LogP contribution is 2.26. The topological polar surface area (TPSA) is 58.0 Å². The molecule has 0 bridgehead atoms. The van der Waals surface area contributed by atoms with E-state index in [1.165, 1.54) is 0 Å². The molecule has 0 aliphatic rings. The van der Waals surface area contributed by atoms with Gasteiger partial charge >= 0.3 is 0 Å². The second kappa shape index (κ2) is 5.57. The third-order valence-corrected chi connectivity index (χ3v) is 3.90. The lowest BCUT2D eigenvalue weighted by atomic mass is 10.1. The van der Waals surface area contributed by atoms with Crippen LogP contribution in [0, 0.1) is 0 Å². The Morgan fingerprint density at radius 2 is 1.83 bits per heavy atom. The lowest BCUT2D eigenvalue weighted by Crippen LogP contribution is -2.02. The first-order chi connectivity index (χ1) is 11.3. The summed E-state index contributed by atoms with van der Waals surface area (Å²) in [6.07, 6.45) is 1.68. The first-order valence-corrected chi connectivity index (χ1v) is 7.46. The van der Waals surface area contributed by atoms with Crippen molar-refractivity contribution in [1.82, 2.24) is 9.97 Å². The van der Waals surface area contributed by atoms with Gasteiger partial charge in [-0.2, -0.15) is 0 Å². The molecule has 23 heavy (non-hydrogen) atoms. The van der Waals surface area contributed by atoms with Crippen LogP contribution in [0.3, 0.4) is 0 Å². The van der Waals surface area contributed by atoms with Gasteiger partial charge in [-0.15, -0.1) is 0 Å².